The average Bonchev–Trinajstić information content (AvgIpc) is 1.74. The van der Waals surface area contributed by atoms with E-state index in [1.807, 2.05) is 25.4 Å². The number of likely N-dealkylation sites (N-methyl/N-ethyl adjacent to an activating group) is 1. The second-order valence-corrected chi connectivity index (χ2v) is 25.3. The number of amides is 4. The highest BCUT2D eigenvalue weighted by Gasteiger charge is 2.44. The largest absolute Gasteiger partial charge is 0.491 e. The van der Waals surface area contributed by atoms with Crippen molar-refractivity contribution in [3.8, 4) is 39.7 Å². The summed E-state index contributed by atoms with van der Waals surface area (Å²) in [6, 6.07) is 10.6. The quantitative estimate of drug-likeness (QED) is 0.0871. The van der Waals surface area contributed by atoms with Gasteiger partial charge >= 0.3 is 12.1 Å². The predicted molar refractivity (Wildman–Crippen MR) is 325 cm³/mol. The number of imidazole rings is 1. The van der Waals surface area contributed by atoms with Crippen LogP contribution in [0.3, 0.4) is 0 Å². The number of hydrogen-bond acceptors (Lipinski definition) is 17. The number of aromatic nitrogens is 5. The van der Waals surface area contributed by atoms with E-state index in [1.54, 1.807) is 36.8 Å². The van der Waals surface area contributed by atoms with Crippen molar-refractivity contribution in [1.29, 1.82) is 0 Å². The molecule has 1 aliphatic carbocycles. The number of aryl methyl sites for hydroxylation is 1. The van der Waals surface area contributed by atoms with Gasteiger partial charge in [-0.1, -0.05) is 26.8 Å². The first-order valence-electron chi connectivity index (χ1n) is 29.9. The number of pyridine rings is 1. The van der Waals surface area contributed by atoms with Crippen LogP contribution in [0.2, 0.25) is 0 Å². The van der Waals surface area contributed by atoms with Gasteiger partial charge in [0, 0.05) is 109 Å². The van der Waals surface area contributed by atoms with Crippen molar-refractivity contribution in [1.82, 2.24) is 44.7 Å². The number of benzene rings is 2. The number of halogens is 2. The van der Waals surface area contributed by atoms with Crippen LogP contribution in [0.1, 0.15) is 83.2 Å². The Balaban J connectivity index is 0.000000226. The number of carbonyl (C=O) groups is 5. The lowest BCUT2D eigenvalue weighted by atomic mass is 9.84. The molecule has 0 radical (unpaired) electrons. The van der Waals surface area contributed by atoms with Gasteiger partial charge in [0.15, 0.2) is 5.82 Å². The number of nitrogens with zero attached hydrogens (tertiary/aromatic N) is 9. The molecule has 2 aromatic carbocycles. The molecule has 9 heterocycles. The van der Waals surface area contributed by atoms with E-state index in [-0.39, 0.29) is 55.3 Å². The molecular weight excluding hydrogens is 1140 g/mol. The molecule has 0 spiro atoms. The summed E-state index contributed by atoms with van der Waals surface area (Å²) >= 11 is 1.49. The van der Waals surface area contributed by atoms with Crippen molar-refractivity contribution in [2.75, 3.05) is 81.8 Å². The molecule has 4 amide bonds. The summed E-state index contributed by atoms with van der Waals surface area (Å²) in [6.45, 7) is 17.7. The minimum atomic E-state index is -2.75. The van der Waals surface area contributed by atoms with Crippen molar-refractivity contribution < 1.29 is 51.7 Å². The molecule has 4 fully saturated rings. The topological polar surface area (TPSA) is 246 Å². The molecule has 3 saturated heterocycles. The van der Waals surface area contributed by atoms with E-state index in [0.29, 0.717) is 67.7 Å². The Morgan fingerprint density at radius 3 is 2.49 bits per heavy atom. The van der Waals surface area contributed by atoms with Crippen LogP contribution in [0.25, 0.3) is 44.8 Å². The molecule has 7 atom stereocenters. The fourth-order valence-electron chi connectivity index (χ4n) is 12.1. The van der Waals surface area contributed by atoms with E-state index in [2.05, 4.69) is 87.5 Å². The van der Waals surface area contributed by atoms with Gasteiger partial charge in [0.2, 0.25) is 11.8 Å². The van der Waals surface area contributed by atoms with Gasteiger partial charge in [-0.2, -0.15) is 0 Å². The smallest absolute Gasteiger partial charge is 0.416 e. The van der Waals surface area contributed by atoms with Crippen molar-refractivity contribution >= 4 is 69.2 Å². The van der Waals surface area contributed by atoms with Gasteiger partial charge in [-0.25, -0.2) is 33.9 Å². The minimum absolute atomic E-state index is 0.0897. The summed E-state index contributed by atoms with van der Waals surface area (Å²) in [5, 5.41) is 11.4. The summed E-state index contributed by atoms with van der Waals surface area (Å²) in [5.74, 6) is 0.0404. The molecule has 12 rings (SSSR count). The van der Waals surface area contributed by atoms with Gasteiger partial charge in [0.25, 0.3) is 12.3 Å². The van der Waals surface area contributed by atoms with E-state index in [1.165, 1.54) is 22.5 Å². The lowest BCUT2D eigenvalue weighted by Gasteiger charge is -2.35. The number of piperazine rings is 1. The monoisotopic (exact) mass is 1220 g/mol. The maximum absolute atomic E-state index is 14.1. The second kappa shape index (κ2) is 25.2. The fraction of sp³-hybridized carbons (Fsp3) is 0.516. The third-order valence-electron chi connectivity index (χ3n) is 17.4. The zero-order valence-electron chi connectivity index (χ0n) is 50.4. The van der Waals surface area contributed by atoms with Crippen LogP contribution >= 0.6 is 11.3 Å². The normalized spacial score (nSPS) is 22.8. The van der Waals surface area contributed by atoms with Crippen molar-refractivity contribution in [2.45, 2.75) is 123 Å². The Morgan fingerprint density at radius 2 is 1.77 bits per heavy atom. The number of fused-ring (bicyclic) bond motifs is 9. The first-order valence-corrected chi connectivity index (χ1v) is 30.8. The Bertz CT molecular complexity index is 3580. The maximum atomic E-state index is 14.1. The Kier molecular flexibility index (Phi) is 17.6. The zero-order chi connectivity index (χ0) is 61.6. The first kappa shape index (κ1) is 60.9. The van der Waals surface area contributed by atoms with E-state index in [0.717, 1.165) is 99.4 Å². The number of hydrogen-bond donors (Lipinski definition) is 4. The minimum Gasteiger partial charge on any atom is -0.491 e. The number of hydrazine groups is 1. The molecule has 4 aromatic heterocycles. The second-order valence-electron chi connectivity index (χ2n) is 24.4. The molecule has 5 aliphatic heterocycles. The molecule has 22 nitrogen and oxygen atoms in total. The number of alkyl halides is 2. The van der Waals surface area contributed by atoms with Gasteiger partial charge in [0.1, 0.15) is 49.0 Å². The van der Waals surface area contributed by atoms with Crippen molar-refractivity contribution in [2.24, 2.45) is 23.0 Å². The summed E-state index contributed by atoms with van der Waals surface area (Å²) < 4.78 is 53.3. The van der Waals surface area contributed by atoms with Crippen LogP contribution in [-0.2, 0) is 59.3 Å². The number of anilines is 3. The van der Waals surface area contributed by atoms with Gasteiger partial charge in [0.05, 0.1) is 58.8 Å². The zero-order valence-corrected chi connectivity index (χ0v) is 51.3. The van der Waals surface area contributed by atoms with Crippen LogP contribution in [0.15, 0.2) is 60.2 Å². The summed E-state index contributed by atoms with van der Waals surface area (Å²) in [4.78, 5) is 84.7. The van der Waals surface area contributed by atoms with Gasteiger partial charge < -0.3 is 54.2 Å². The third-order valence-corrected chi connectivity index (χ3v) is 18.2. The van der Waals surface area contributed by atoms with Crippen LogP contribution < -0.4 is 36.3 Å². The number of thiazole rings is 1. The number of esters is 1. The fourth-order valence-corrected chi connectivity index (χ4v) is 12.9. The molecule has 1 saturated carbocycles. The third kappa shape index (κ3) is 12.8. The highest BCUT2D eigenvalue weighted by molar-refractivity contribution is 7.10. The standard InChI is InChI=1S/C44H58N8O5S.C18H19F2N5O4/c1-8-51-37-12-11-28-19-31(37)33(40(51)32-20-29(23-45-39(32)27(3)56-7)50-16-14-49(6)15-17-50)22-44(4,5)25-57-43(55)34-10-9-13-52(48-34)42(54)35(21-38-46-36(28)24-58-38)47-41(53)30-18-26(30)2;1-9(16(21)26)22-10-2-3-11-13(6-10)28-5-4-24-7-14(23-17(11)24)25-12(15(19)20)8-29-18(25)27/h11-12,19-20,23-24,26-27,30,34-35,48H,8-10,13-18,21-22,25H2,1-7H3,(H,47,53);2-3,6-7,9,12,15,22H,4-5,8H2,1H3,(H2,21,26). The molecular formula is C62H77F2N13O9S. The average molecular weight is 1220 g/mol. The van der Waals surface area contributed by atoms with Gasteiger partial charge in [-0.05, 0) is 95.3 Å². The number of rotatable bonds is 12. The van der Waals surface area contributed by atoms with Crippen LogP contribution in [0.5, 0.6) is 5.75 Å². The summed E-state index contributed by atoms with van der Waals surface area (Å²) in [7, 11) is 3.89. The Labute approximate surface area is 508 Å². The van der Waals surface area contributed by atoms with Gasteiger partial charge in [-0.15, -0.1) is 11.3 Å². The molecule has 6 aromatic rings. The SMILES string of the molecule is CC(Nc1ccc2c(c1)OCCn1cc(N3C(=O)OCC3C(F)F)nc1-2)C(N)=O.CCn1c(-c2cc(N3CCN(C)CC3)cnc2C(C)OC)c2c3cc(ccc31)-c1csc(n1)CC(NC(=O)C1CC1C)C(=O)N1CCCC(N1)C(=O)OCC(C)(C)C2. The van der Waals surface area contributed by atoms with Crippen LogP contribution in [0.4, 0.5) is 30.8 Å². The maximum Gasteiger partial charge on any atom is 0.416 e. The molecule has 6 bridgehead atoms. The number of methoxy groups -OCH3 is 1. The molecule has 464 valence electrons. The molecule has 6 aliphatic rings. The molecule has 25 heteroatoms. The highest BCUT2D eigenvalue weighted by Crippen LogP contribution is 2.44. The van der Waals surface area contributed by atoms with E-state index in [9.17, 15) is 32.8 Å². The predicted octanol–water partition coefficient (Wildman–Crippen LogP) is 7.43. The summed E-state index contributed by atoms with van der Waals surface area (Å²) in [6.07, 6.45) is 2.54. The molecule has 7 unspecified atom stereocenters. The van der Waals surface area contributed by atoms with E-state index < -0.39 is 48.0 Å². The Morgan fingerprint density at radius 1 is 0.989 bits per heavy atom. The lowest BCUT2D eigenvalue weighted by Crippen LogP contribution is -2.60. The van der Waals surface area contributed by atoms with Crippen LogP contribution in [0, 0.1) is 17.3 Å². The first-order chi connectivity index (χ1) is 41.7. The van der Waals surface area contributed by atoms with Crippen molar-refractivity contribution in [3.05, 3.63) is 76.5 Å². The lowest BCUT2D eigenvalue weighted by molar-refractivity contribution is -0.155. The molecule has 87 heavy (non-hydrogen) atoms. The number of carbonyl (C=O) groups excluding carboxylic acids is 5. The number of ether oxygens (including phenoxy) is 4. The molecule has 5 N–H and O–H groups in total. The van der Waals surface area contributed by atoms with E-state index in [4.69, 9.17) is 34.6 Å². The summed E-state index contributed by atoms with van der Waals surface area (Å²) in [5.41, 5.74) is 17.4. The number of nitrogens with two attached hydrogens (primary N) is 1. The Hall–Kier alpha value is -7.74. The number of nitrogens with one attached hydrogen (secondary N) is 3. The van der Waals surface area contributed by atoms with E-state index >= 15 is 0 Å². The van der Waals surface area contributed by atoms with Crippen LogP contribution in [-0.4, -0.2) is 161 Å². The number of primary amides is 1. The number of cyclic esters (lactones) is 2. The highest BCUT2D eigenvalue weighted by atomic mass is 32.1. The van der Waals surface area contributed by atoms with Crippen molar-refractivity contribution in [3.63, 3.8) is 0 Å². The van der Waals surface area contributed by atoms with Gasteiger partial charge in [-0.3, -0.25) is 29.2 Å².